The van der Waals surface area contributed by atoms with Crippen molar-refractivity contribution in [2.75, 3.05) is 0 Å². The summed E-state index contributed by atoms with van der Waals surface area (Å²) in [5.74, 6) is -2.68. The molecule has 3 atom stereocenters. The Morgan fingerprint density at radius 3 is 2.53 bits per heavy atom. The van der Waals surface area contributed by atoms with Gasteiger partial charge in [0.15, 0.2) is 0 Å². The maximum Gasteiger partial charge on any atom is 0.268 e. The van der Waals surface area contributed by atoms with Gasteiger partial charge in [0.2, 0.25) is 11.8 Å². The summed E-state index contributed by atoms with van der Waals surface area (Å²) in [6.45, 7) is 0. The van der Waals surface area contributed by atoms with Gasteiger partial charge in [-0.05, 0) is 56.2 Å². The molecule has 1 saturated heterocycles. The molecule has 2 aliphatic carbocycles. The first-order valence-corrected chi connectivity index (χ1v) is 11.6. The van der Waals surface area contributed by atoms with Gasteiger partial charge in [0.25, 0.3) is 5.91 Å². The molecule has 0 unspecified atom stereocenters. The predicted octanol–water partition coefficient (Wildman–Crippen LogP) is 2.41. The summed E-state index contributed by atoms with van der Waals surface area (Å²) >= 11 is 0. The number of rotatable bonds is 8. The highest BCUT2D eigenvalue weighted by Crippen LogP contribution is 2.46. The van der Waals surface area contributed by atoms with Gasteiger partial charge in [-0.1, -0.05) is 12.8 Å². The van der Waals surface area contributed by atoms with Crippen LogP contribution in [-0.2, 0) is 9.59 Å². The molecule has 1 aromatic heterocycles. The van der Waals surface area contributed by atoms with E-state index in [-0.39, 0.29) is 46.3 Å². The number of amides is 3. The van der Waals surface area contributed by atoms with Crippen molar-refractivity contribution >= 4 is 28.6 Å². The number of aromatic nitrogens is 1. The van der Waals surface area contributed by atoms with Crippen LogP contribution in [0.2, 0.25) is 0 Å². The Balaban J connectivity index is 1.26. The molecule has 8 nitrogen and oxygen atoms in total. The Hall–Kier alpha value is -3.48. The van der Waals surface area contributed by atoms with Crippen molar-refractivity contribution in [3.05, 3.63) is 35.5 Å². The third kappa shape index (κ3) is 4.47. The third-order valence-electron chi connectivity index (χ3n) is 7.06. The standard InChI is InChI=1S/C24H25F2N5O3/c25-16-3-4-17(26)20-15(16)9-19(29-20)23(34)30-18(7-12-1-2-12)22(33)28-14(11-27)8-13-10-24(5-6-24)31-21(13)32/h3-4,9,12-14,18,29H,1-2,5-8,10H2,(H,28,33)(H,30,34)(H,31,32)/t13-,14+,18+/m1/s1. The molecule has 1 spiro atoms. The summed E-state index contributed by atoms with van der Waals surface area (Å²) in [7, 11) is 0. The van der Waals surface area contributed by atoms with E-state index >= 15 is 0 Å². The van der Waals surface area contributed by atoms with E-state index < -0.39 is 35.5 Å². The second-order valence-electron chi connectivity index (χ2n) is 9.80. The van der Waals surface area contributed by atoms with Crippen LogP contribution in [0, 0.1) is 34.8 Å². The molecule has 178 valence electrons. The number of nitrogens with one attached hydrogen (secondary N) is 4. The van der Waals surface area contributed by atoms with Gasteiger partial charge in [-0.25, -0.2) is 8.78 Å². The van der Waals surface area contributed by atoms with Gasteiger partial charge >= 0.3 is 0 Å². The number of benzene rings is 1. The Morgan fingerprint density at radius 2 is 1.91 bits per heavy atom. The van der Waals surface area contributed by atoms with Gasteiger partial charge in [0.05, 0.1) is 11.6 Å². The maximum absolute atomic E-state index is 14.0. The monoisotopic (exact) mass is 469 g/mol. The SMILES string of the molecule is N#C[C@H](C[C@@H]1CC2(CC2)NC1=O)NC(=O)[C@H](CC1CC1)NC(=O)c1cc2c(F)ccc(F)c2[nH]1. The highest BCUT2D eigenvalue weighted by molar-refractivity contribution is 6.00. The number of H-pyrrole nitrogens is 1. The lowest BCUT2D eigenvalue weighted by Crippen LogP contribution is -2.50. The predicted molar refractivity (Wildman–Crippen MR) is 117 cm³/mol. The molecule has 3 amide bonds. The smallest absolute Gasteiger partial charge is 0.268 e. The molecule has 2 saturated carbocycles. The molecule has 3 aliphatic rings. The summed E-state index contributed by atoms with van der Waals surface area (Å²) in [6.07, 6.45) is 5.02. The third-order valence-corrected chi connectivity index (χ3v) is 7.06. The number of nitrogens with zero attached hydrogens (tertiary/aromatic N) is 1. The zero-order valence-electron chi connectivity index (χ0n) is 18.4. The topological polar surface area (TPSA) is 127 Å². The first kappa shape index (κ1) is 22.3. The molecular formula is C24H25F2N5O3. The second-order valence-corrected chi connectivity index (χ2v) is 9.80. The zero-order valence-corrected chi connectivity index (χ0v) is 18.4. The van der Waals surface area contributed by atoms with Crippen molar-refractivity contribution in [3.63, 3.8) is 0 Å². The van der Waals surface area contributed by atoms with E-state index in [0.29, 0.717) is 12.8 Å². The van der Waals surface area contributed by atoms with E-state index in [4.69, 9.17) is 0 Å². The average Bonchev–Trinajstić information content (AvgIpc) is 3.70. The van der Waals surface area contributed by atoms with E-state index in [2.05, 4.69) is 27.0 Å². The summed E-state index contributed by atoms with van der Waals surface area (Å²) < 4.78 is 28.0. The van der Waals surface area contributed by atoms with Gasteiger partial charge in [0.1, 0.15) is 29.4 Å². The van der Waals surface area contributed by atoms with Crippen molar-refractivity contribution in [2.24, 2.45) is 11.8 Å². The molecular weight excluding hydrogens is 444 g/mol. The Bertz CT molecular complexity index is 1170. The lowest BCUT2D eigenvalue weighted by Gasteiger charge is -2.21. The molecule has 2 aromatic rings. The largest absolute Gasteiger partial charge is 0.350 e. The quantitative estimate of drug-likeness (QED) is 0.474. The van der Waals surface area contributed by atoms with E-state index in [9.17, 15) is 28.4 Å². The fraction of sp³-hybridized carbons (Fsp3) is 0.500. The molecule has 3 fully saturated rings. The van der Waals surface area contributed by atoms with Crippen molar-refractivity contribution in [3.8, 4) is 6.07 Å². The van der Waals surface area contributed by atoms with Gasteiger partial charge in [-0.2, -0.15) is 5.26 Å². The van der Waals surface area contributed by atoms with Crippen LogP contribution in [0.25, 0.3) is 10.9 Å². The Morgan fingerprint density at radius 1 is 1.18 bits per heavy atom. The first-order chi connectivity index (χ1) is 16.3. The minimum Gasteiger partial charge on any atom is -0.350 e. The van der Waals surface area contributed by atoms with Crippen molar-refractivity contribution in [1.29, 1.82) is 5.26 Å². The number of carbonyl (C=O) groups is 3. The Labute approximate surface area is 194 Å². The van der Waals surface area contributed by atoms with Crippen molar-refractivity contribution < 1.29 is 23.2 Å². The first-order valence-electron chi connectivity index (χ1n) is 11.6. The van der Waals surface area contributed by atoms with Crippen molar-refractivity contribution in [1.82, 2.24) is 20.9 Å². The minimum absolute atomic E-state index is 0.0545. The molecule has 5 rings (SSSR count). The lowest BCUT2D eigenvalue weighted by atomic mass is 9.95. The molecule has 1 aliphatic heterocycles. The number of hydrogen-bond acceptors (Lipinski definition) is 4. The molecule has 10 heteroatoms. The highest BCUT2D eigenvalue weighted by atomic mass is 19.1. The molecule has 0 radical (unpaired) electrons. The number of hydrogen-bond donors (Lipinski definition) is 4. The summed E-state index contributed by atoms with van der Waals surface area (Å²) in [5.41, 5.74) is -0.310. The fourth-order valence-corrected chi connectivity index (χ4v) is 4.78. The number of nitriles is 1. The molecule has 1 aromatic carbocycles. The van der Waals surface area contributed by atoms with E-state index in [1.807, 2.05) is 0 Å². The second kappa shape index (κ2) is 8.38. The van der Waals surface area contributed by atoms with E-state index in [0.717, 1.165) is 37.8 Å². The van der Waals surface area contributed by atoms with Crippen LogP contribution >= 0.6 is 0 Å². The zero-order chi connectivity index (χ0) is 24.0. The number of aromatic amines is 1. The van der Waals surface area contributed by atoms with Gasteiger partial charge in [0, 0.05) is 16.8 Å². The molecule has 4 N–H and O–H groups in total. The van der Waals surface area contributed by atoms with Crippen LogP contribution in [0.1, 0.15) is 55.4 Å². The van der Waals surface area contributed by atoms with Crippen LogP contribution in [0.3, 0.4) is 0 Å². The lowest BCUT2D eigenvalue weighted by molar-refractivity contribution is -0.125. The van der Waals surface area contributed by atoms with E-state index in [1.165, 1.54) is 6.07 Å². The van der Waals surface area contributed by atoms with Crippen LogP contribution < -0.4 is 16.0 Å². The summed E-state index contributed by atoms with van der Waals surface area (Å²) in [6, 6.07) is 3.43. The fourth-order valence-electron chi connectivity index (χ4n) is 4.78. The molecule has 0 bridgehead atoms. The number of fused-ring (bicyclic) bond motifs is 1. The van der Waals surface area contributed by atoms with Crippen LogP contribution in [0.15, 0.2) is 18.2 Å². The van der Waals surface area contributed by atoms with Crippen molar-refractivity contribution in [2.45, 2.75) is 62.6 Å². The van der Waals surface area contributed by atoms with Crippen LogP contribution in [0.4, 0.5) is 8.78 Å². The van der Waals surface area contributed by atoms with Crippen LogP contribution in [-0.4, -0.2) is 40.3 Å². The highest BCUT2D eigenvalue weighted by Gasteiger charge is 2.52. The van der Waals surface area contributed by atoms with Gasteiger partial charge < -0.3 is 20.9 Å². The maximum atomic E-state index is 14.0. The molecule has 2 heterocycles. The molecule has 34 heavy (non-hydrogen) atoms. The van der Waals surface area contributed by atoms with E-state index in [1.54, 1.807) is 0 Å². The Kier molecular flexibility index (Phi) is 5.50. The minimum atomic E-state index is -0.913. The van der Waals surface area contributed by atoms with Gasteiger partial charge in [-0.15, -0.1) is 0 Å². The van der Waals surface area contributed by atoms with Gasteiger partial charge in [-0.3, -0.25) is 14.4 Å². The summed E-state index contributed by atoms with van der Waals surface area (Å²) in [5, 5.41) is 17.8. The normalized spacial score (nSPS) is 22.1. The number of halogens is 2. The number of carbonyl (C=O) groups excluding carboxylic acids is 3. The average molecular weight is 469 g/mol. The summed E-state index contributed by atoms with van der Waals surface area (Å²) in [4.78, 5) is 40.6. The van der Waals surface area contributed by atoms with Crippen LogP contribution in [0.5, 0.6) is 0 Å².